The summed E-state index contributed by atoms with van der Waals surface area (Å²) < 4.78 is 4.89. The predicted octanol–water partition coefficient (Wildman–Crippen LogP) is -1.09. The molecule has 0 radical (unpaired) electrons. The van der Waals surface area contributed by atoms with Crippen LogP contribution in [0.2, 0.25) is 0 Å². The third-order valence-corrected chi connectivity index (χ3v) is 1.78. The third kappa shape index (κ3) is 1.39. The molecule has 1 fully saturated rings. The number of rotatable bonds is 1. The Morgan fingerprint density at radius 3 is 2.33 bits per heavy atom. The molecule has 0 amide bonds. The van der Waals surface area contributed by atoms with Crippen molar-refractivity contribution in [2.24, 2.45) is 0 Å². The van der Waals surface area contributed by atoms with Crippen molar-refractivity contribution in [2.75, 3.05) is 0 Å². The summed E-state index contributed by atoms with van der Waals surface area (Å²) in [4.78, 5) is 0. The van der Waals surface area contributed by atoms with Gasteiger partial charge in [-0.05, 0) is 0 Å². The van der Waals surface area contributed by atoms with E-state index in [-0.39, 0.29) is 6.42 Å². The van der Waals surface area contributed by atoms with Gasteiger partial charge in [-0.3, -0.25) is 0 Å². The molecule has 1 heterocycles. The molecule has 0 aromatic rings. The van der Waals surface area contributed by atoms with Gasteiger partial charge < -0.3 is 14.9 Å². The molecule has 4 unspecified atom stereocenters. The highest BCUT2D eigenvalue weighted by molar-refractivity contribution is 5.03. The molecule has 1 rings (SSSR count). The Hall–Kier alpha value is -1.14. The fourth-order valence-electron chi connectivity index (χ4n) is 1.11. The second-order valence-electron chi connectivity index (χ2n) is 2.57. The number of aliphatic hydroxyl groups excluding tert-OH is 2. The van der Waals surface area contributed by atoms with E-state index in [1.165, 1.54) is 0 Å². The Kier molecular flexibility index (Phi) is 2.61. The van der Waals surface area contributed by atoms with E-state index in [0.717, 1.165) is 0 Å². The molecule has 5 heteroatoms. The Morgan fingerprint density at radius 1 is 1.25 bits per heavy atom. The summed E-state index contributed by atoms with van der Waals surface area (Å²) in [6.45, 7) is 0. The van der Waals surface area contributed by atoms with Crippen LogP contribution < -0.4 is 0 Å². The van der Waals surface area contributed by atoms with E-state index in [1.54, 1.807) is 12.1 Å². The van der Waals surface area contributed by atoms with E-state index in [1.807, 2.05) is 0 Å². The average Bonchev–Trinajstić information content (AvgIpc) is 2.33. The molecule has 1 aliphatic heterocycles. The van der Waals surface area contributed by atoms with E-state index in [9.17, 15) is 5.11 Å². The minimum atomic E-state index is -1.20. The summed E-state index contributed by atoms with van der Waals surface area (Å²) in [6, 6.07) is 3.49. The summed E-state index contributed by atoms with van der Waals surface area (Å²) in [6.07, 6.45) is -4.10. The molecular weight excluding hydrogens is 160 g/mol. The normalized spacial score (nSPS) is 40.3. The summed E-state index contributed by atoms with van der Waals surface area (Å²) >= 11 is 0. The number of nitriles is 2. The van der Waals surface area contributed by atoms with Gasteiger partial charge in [0.15, 0.2) is 6.10 Å². The molecular formula is C7H8N2O3. The summed E-state index contributed by atoms with van der Waals surface area (Å²) in [7, 11) is 0. The van der Waals surface area contributed by atoms with Crippen molar-refractivity contribution in [3.63, 3.8) is 0 Å². The maximum absolute atomic E-state index is 9.21. The molecule has 0 spiro atoms. The third-order valence-electron chi connectivity index (χ3n) is 1.78. The van der Waals surface area contributed by atoms with E-state index in [0.29, 0.717) is 0 Å². The van der Waals surface area contributed by atoms with Crippen molar-refractivity contribution in [2.45, 2.75) is 30.8 Å². The smallest absolute Gasteiger partial charge is 0.172 e. The SMILES string of the molecule is N#CCC1OC(C#N)C(O)C1O. The van der Waals surface area contributed by atoms with Crippen molar-refractivity contribution in [1.82, 2.24) is 0 Å². The van der Waals surface area contributed by atoms with E-state index < -0.39 is 24.4 Å². The molecule has 64 valence electrons. The van der Waals surface area contributed by atoms with Gasteiger partial charge in [0, 0.05) is 0 Å². The first kappa shape index (κ1) is 8.95. The van der Waals surface area contributed by atoms with Crippen LogP contribution in [0.3, 0.4) is 0 Å². The average molecular weight is 168 g/mol. The molecule has 4 atom stereocenters. The second kappa shape index (κ2) is 3.51. The van der Waals surface area contributed by atoms with Crippen LogP contribution in [0.4, 0.5) is 0 Å². The zero-order chi connectivity index (χ0) is 9.14. The lowest BCUT2D eigenvalue weighted by molar-refractivity contribution is 0.0246. The summed E-state index contributed by atoms with van der Waals surface area (Å²) in [5.74, 6) is 0. The summed E-state index contributed by atoms with van der Waals surface area (Å²) in [5, 5.41) is 35.1. The lowest BCUT2D eigenvalue weighted by atomic mass is 10.1. The molecule has 0 aromatic heterocycles. The highest BCUT2D eigenvalue weighted by Gasteiger charge is 2.42. The second-order valence-corrected chi connectivity index (χ2v) is 2.57. The van der Waals surface area contributed by atoms with Crippen LogP contribution in [0.15, 0.2) is 0 Å². The largest absolute Gasteiger partial charge is 0.388 e. The molecule has 0 aliphatic carbocycles. The van der Waals surface area contributed by atoms with Gasteiger partial charge >= 0.3 is 0 Å². The van der Waals surface area contributed by atoms with Crippen LogP contribution in [0.25, 0.3) is 0 Å². The number of ether oxygens (including phenoxy) is 1. The fourth-order valence-corrected chi connectivity index (χ4v) is 1.11. The monoisotopic (exact) mass is 168 g/mol. The lowest BCUT2D eigenvalue weighted by Crippen LogP contribution is -2.31. The van der Waals surface area contributed by atoms with Crippen LogP contribution in [-0.4, -0.2) is 34.6 Å². The standard InChI is InChI=1S/C7H8N2O3/c8-2-1-4-6(10)7(11)5(3-9)12-4/h4-7,10-11H,1H2. The van der Waals surface area contributed by atoms with Gasteiger partial charge in [0.2, 0.25) is 0 Å². The maximum Gasteiger partial charge on any atom is 0.172 e. The first-order chi connectivity index (χ1) is 5.70. The zero-order valence-electron chi connectivity index (χ0n) is 6.21. The number of nitrogens with zero attached hydrogens (tertiary/aromatic N) is 2. The Labute approximate surface area is 69.4 Å². The first-order valence-corrected chi connectivity index (χ1v) is 3.49. The highest BCUT2D eigenvalue weighted by atomic mass is 16.5. The lowest BCUT2D eigenvalue weighted by Gasteiger charge is -2.09. The maximum atomic E-state index is 9.21. The molecule has 0 bridgehead atoms. The number of hydrogen-bond donors (Lipinski definition) is 2. The van der Waals surface area contributed by atoms with Crippen LogP contribution in [0, 0.1) is 22.7 Å². The van der Waals surface area contributed by atoms with Crippen molar-refractivity contribution in [3.8, 4) is 12.1 Å². The van der Waals surface area contributed by atoms with Crippen molar-refractivity contribution < 1.29 is 14.9 Å². The molecule has 1 aliphatic rings. The van der Waals surface area contributed by atoms with E-state index in [4.69, 9.17) is 20.4 Å². The van der Waals surface area contributed by atoms with Crippen molar-refractivity contribution in [1.29, 1.82) is 10.5 Å². The van der Waals surface area contributed by atoms with Crippen LogP contribution in [0.5, 0.6) is 0 Å². The van der Waals surface area contributed by atoms with Gasteiger partial charge in [0.1, 0.15) is 18.3 Å². The van der Waals surface area contributed by atoms with Gasteiger partial charge in [-0.15, -0.1) is 0 Å². The van der Waals surface area contributed by atoms with Gasteiger partial charge in [-0.2, -0.15) is 10.5 Å². The van der Waals surface area contributed by atoms with Crippen LogP contribution in [0.1, 0.15) is 6.42 Å². The first-order valence-electron chi connectivity index (χ1n) is 3.49. The van der Waals surface area contributed by atoms with Crippen LogP contribution >= 0.6 is 0 Å². The van der Waals surface area contributed by atoms with Gasteiger partial charge in [-0.1, -0.05) is 0 Å². The van der Waals surface area contributed by atoms with Crippen molar-refractivity contribution in [3.05, 3.63) is 0 Å². The molecule has 0 saturated carbocycles. The molecule has 5 nitrogen and oxygen atoms in total. The topological polar surface area (TPSA) is 97.3 Å². The molecule has 0 aromatic carbocycles. The Balaban J connectivity index is 2.63. The zero-order valence-corrected chi connectivity index (χ0v) is 6.21. The van der Waals surface area contributed by atoms with Crippen LogP contribution in [-0.2, 0) is 4.74 Å². The van der Waals surface area contributed by atoms with E-state index in [2.05, 4.69) is 0 Å². The Bertz CT molecular complexity index is 242. The summed E-state index contributed by atoms with van der Waals surface area (Å²) in [5.41, 5.74) is 0. The minimum absolute atomic E-state index is 0.0175. The van der Waals surface area contributed by atoms with Crippen molar-refractivity contribution >= 4 is 0 Å². The van der Waals surface area contributed by atoms with E-state index >= 15 is 0 Å². The van der Waals surface area contributed by atoms with Gasteiger partial charge in [0.05, 0.1) is 18.6 Å². The van der Waals surface area contributed by atoms with Gasteiger partial charge in [-0.25, -0.2) is 0 Å². The van der Waals surface area contributed by atoms with Gasteiger partial charge in [0.25, 0.3) is 0 Å². The molecule has 1 saturated heterocycles. The minimum Gasteiger partial charge on any atom is -0.388 e. The molecule has 2 N–H and O–H groups in total. The number of hydrogen-bond acceptors (Lipinski definition) is 5. The fraction of sp³-hybridized carbons (Fsp3) is 0.714. The highest BCUT2D eigenvalue weighted by Crippen LogP contribution is 2.22. The quantitative estimate of drug-likeness (QED) is 0.518. The molecule has 12 heavy (non-hydrogen) atoms. The predicted molar refractivity (Wildman–Crippen MR) is 36.5 cm³/mol. The Morgan fingerprint density at radius 2 is 1.92 bits per heavy atom. The number of aliphatic hydroxyl groups is 2.